The third kappa shape index (κ3) is 8.39. The van der Waals surface area contributed by atoms with E-state index < -0.39 is 35.8 Å². The Balaban J connectivity index is 1.75. The molecule has 0 saturated carbocycles. The molecule has 2 fully saturated rings. The second-order valence-corrected chi connectivity index (χ2v) is 11.5. The lowest BCUT2D eigenvalue weighted by Gasteiger charge is -2.34. The van der Waals surface area contributed by atoms with Gasteiger partial charge in [-0.2, -0.15) is 4.39 Å². The van der Waals surface area contributed by atoms with Crippen molar-refractivity contribution in [3.8, 4) is 5.75 Å². The summed E-state index contributed by atoms with van der Waals surface area (Å²) in [6, 6.07) is 4.50. The molecule has 1 aromatic rings. The van der Waals surface area contributed by atoms with E-state index in [-0.39, 0.29) is 29.0 Å². The van der Waals surface area contributed by atoms with Crippen molar-refractivity contribution >= 4 is 23.6 Å². The molecular weight excluding hydrogens is 507 g/mol. The molecule has 0 radical (unpaired) electrons. The number of para-hydroxylation sites is 1. The number of rotatable bonds is 9. The predicted molar refractivity (Wildman–Crippen MR) is 143 cm³/mol. The Labute approximate surface area is 229 Å². The SMILES string of the molecule is CC(C)C[C@@H](NC(=O)c1ccccc1O[C@H](F)C(=O)NC(C)(C)C)C(=O)N1CCC[C@@H]1C(=O)N1CCOCC1. The number of alkyl halides is 1. The summed E-state index contributed by atoms with van der Waals surface area (Å²) in [5.74, 6) is -2.08. The van der Waals surface area contributed by atoms with Crippen LogP contribution < -0.4 is 15.4 Å². The normalized spacial score (nSPS) is 19.4. The van der Waals surface area contributed by atoms with Crippen LogP contribution in [0.3, 0.4) is 0 Å². The first-order valence-corrected chi connectivity index (χ1v) is 13.6. The van der Waals surface area contributed by atoms with Crippen LogP contribution in [-0.4, -0.2) is 90.3 Å². The van der Waals surface area contributed by atoms with E-state index in [2.05, 4.69) is 10.6 Å². The molecule has 0 bridgehead atoms. The monoisotopic (exact) mass is 548 g/mol. The molecule has 0 aromatic heterocycles. The van der Waals surface area contributed by atoms with Crippen molar-refractivity contribution in [3.05, 3.63) is 29.8 Å². The molecule has 3 rings (SSSR count). The highest BCUT2D eigenvalue weighted by Gasteiger charge is 2.40. The highest BCUT2D eigenvalue weighted by molar-refractivity contribution is 6.00. The molecule has 2 aliphatic heterocycles. The van der Waals surface area contributed by atoms with Gasteiger partial charge in [0.15, 0.2) is 0 Å². The van der Waals surface area contributed by atoms with Gasteiger partial charge in [-0.05, 0) is 58.1 Å². The van der Waals surface area contributed by atoms with E-state index in [9.17, 15) is 23.6 Å². The van der Waals surface area contributed by atoms with E-state index in [0.717, 1.165) is 0 Å². The minimum Gasteiger partial charge on any atom is -0.451 e. The van der Waals surface area contributed by atoms with E-state index in [1.54, 1.807) is 42.7 Å². The zero-order valence-corrected chi connectivity index (χ0v) is 23.5. The molecule has 11 heteroatoms. The summed E-state index contributed by atoms with van der Waals surface area (Å²) in [4.78, 5) is 55.7. The summed E-state index contributed by atoms with van der Waals surface area (Å²) >= 11 is 0. The highest BCUT2D eigenvalue weighted by Crippen LogP contribution is 2.24. The molecule has 0 aliphatic carbocycles. The quantitative estimate of drug-likeness (QED) is 0.489. The third-order valence-electron chi connectivity index (χ3n) is 6.52. The van der Waals surface area contributed by atoms with E-state index in [4.69, 9.17) is 9.47 Å². The lowest BCUT2D eigenvalue weighted by Crippen LogP contribution is -2.55. The average molecular weight is 549 g/mol. The number of carbonyl (C=O) groups is 4. The second-order valence-electron chi connectivity index (χ2n) is 11.5. The Kier molecular flexibility index (Phi) is 10.3. The van der Waals surface area contributed by atoms with Crippen molar-refractivity contribution in [2.24, 2.45) is 5.92 Å². The fourth-order valence-corrected chi connectivity index (χ4v) is 4.76. The molecule has 1 aromatic carbocycles. The van der Waals surface area contributed by atoms with E-state index in [0.29, 0.717) is 52.1 Å². The number of nitrogens with zero attached hydrogens (tertiary/aromatic N) is 2. The largest absolute Gasteiger partial charge is 0.451 e. The van der Waals surface area contributed by atoms with Gasteiger partial charge in [-0.15, -0.1) is 0 Å². The first-order valence-electron chi connectivity index (χ1n) is 13.6. The van der Waals surface area contributed by atoms with Crippen LogP contribution in [-0.2, 0) is 19.1 Å². The highest BCUT2D eigenvalue weighted by atomic mass is 19.1. The van der Waals surface area contributed by atoms with Crippen molar-refractivity contribution in [3.63, 3.8) is 0 Å². The number of hydrogen-bond donors (Lipinski definition) is 2. The first-order chi connectivity index (χ1) is 18.4. The van der Waals surface area contributed by atoms with Crippen LogP contribution in [0.15, 0.2) is 24.3 Å². The Morgan fingerprint density at radius 1 is 1.10 bits per heavy atom. The number of amides is 4. The van der Waals surface area contributed by atoms with Crippen molar-refractivity contribution in [1.29, 1.82) is 0 Å². The lowest BCUT2D eigenvalue weighted by atomic mass is 10.0. The second kappa shape index (κ2) is 13.2. The van der Waals surface area contributed by atoms with Gasteiger partial charge < -0.3 is 29.9 Å². The topological polar surface area (TPSA) is 117 Å². The van der Waals surface area contributed by atoms with Crippen molar-refractivity contribution in [1.82, 2.24) is 20.4 Å². The smallest absolute Gasteiger partial charge is 0.316 e. The van der Waals surface area contributed by atoms with Gasteiger partial charge in [-0.25, -0.2) is 0 Å². The van der Waals surface area contributed by atoms with Gasteiger partial charge in [0.2, 0.25) is 11.8 Å². The van der Waals surface area contributed by atoms with Crippen LogP contribution in [0.2, 0.25) is 0 Å². The molecule has 0 spiro atoms. The number of halogens is 1. The standard InChI is InChI=1S/C28H41FN4O6/c1-18(2)17-20(26(36)33-12-8-10-21(33)27(37)32-13-15-38-16-14-32)30-24(34)19-9-6-7-11-22(19)39-23(29)25(35)31-28(3,4)5/h6-7,9,11,18,20-21,23H,8,10,12-17H2,1-5H3,(H,30,34)(H,31,35)/t20-,21-,23+/m1/s1. The number of nitrogens with one attached hydrogen (secondary N) is 2. The van der Waals surface area contributed by atoms with Crippen molar-refractivity contribution in [2.75, 3.05) is 32.8 Å². The molecule has 2 heterocycles. The number of likely N-dealkylation sites (tertiary alicyclic amines) is 1. The van der Waals surface area contributed by atoms with Crippen LogP contribution in [0, 0.1) is 5.92 Å². The predicted octanol–water partition coefficient (Wildman–Crippen LogP) is 2.27. The molecule has 2 saturated heterocycles. The summed E-state index contributed by atoms with van der Waals surface area (Å²) in [7, 11) is 0. The number of ether oxygens (including phenoxy) is 2. The van der Waals surface area contributed by atoms with Gasteiger partial charge >= 0.3 is 6.36 Å². The van der Waals surface area contributed by atoms with Crippen molar-refractivity contribution < 1.29 is 33.0 Å². The van der Waals surface area contributed by atoms with Crippen molar-refractivity contribution in [2.45, 2.75) is 77.9 Å². The van der Waals surface area contributed by atoms with Gasteiger partial charge in [0.25, 0.3) is 11.8 Å². The van der Waals surface area contributed by atoms with Gasteiger partial charge in [0, 0.05) is 25.2 Å². The molecule has 39 heavy (non-hydrogen) atoms. The average Bonchev–Trinajstić information content (AvgIpc) is 3.37. The first kappa shape index (κ1) is 30.3. The number of carbonyl (C=O) groups excluding carboxylic acids is 4. The maximum atomic E-state index is 14.6. The maximum absolute atomic E-state index is 14.6. The molecule has 2 N–H and O–H groups in total. The fraction of sp³-hybridized carbons (Fsp3) is 0.643. The molecule has 2 aliphatic rings. The Hall–Kier alpha value is -3.21. The van der Waals surface area contributed by atoms with E-state index in [1.165, 1.54) is 12.1 Å². The van der Waals surface area contributed by atoms with E-state index in [1.807, 2.05) is 13.8 Å². The van der Waals surface area contributed by atoms with Crippen LogP contribution in [0.25, 0.3) is 0 Å². The van der Waals surface area contributed by atoms with Crippen LogP contribution >= 0.6 is 0 Å². The fourth-order valence-electron chi connectivity index (χ4n) is 4.76. The maximum Gasteiger partial charge on any atom is 0.316 e. The molecule has 4 amide bonds. The van der Waals surface area contributed by atoms with Gasteiger partial charge in [-0.1, -0.05) is 26.0 Å². The molecule has 10 nitrogen and oxygen atoms in total. The summed E-state index contributed by atoms with van der Waals surface area (Å²) in [6.45, 7) is 11.4. The van der Waals surface area contributed by atoms with Crippen LogP contribution in [0.5, 0.6) is 5.75 Å². The van der Waals surface area contributed by atoms with Gasteiger partial charge in [0.1, 0.15) is 17.8 Å². The number of morpholine rings is 1. The summed E-state index contributed by atoms with van der Waals surface area (Å²) in [6.07, 6.45) is -0.722. The van der Waals surface area contributed by atoms with Crippen LogP contribution in [0.1, 0.15) is 64.2 Å². The van der Waals surface area contributed by atoms with Gasteiger partial charge in [-0.3, -0.25) is 19.2 Å². The zero-order chi connectivity index (χ0) is 28.7. The lowest BCUT2D eigenvalue weighted by molar-refractivity contribution is -0.147. The zero-order valence-electron chi connectivity index (χ0n) is 23.5. The molecule has 0 unspecified atom stereocenters. The van der Waals surface area contributed by atoms with Gasteiger partial charge in [0.05, 0.1) is 18.8 Å². The Morgan fingerprint density at radius 2 is 1.77 bits per heavy atom. The molecule has 216 valence electrons. The summed E-state index contributed by atoms with van der Waals surface area (Å²) in [5, 5.41) is 5.28. The number of benzene rings is 1. The van der Waals surface area contributed by atoms with E-state index >= 15 is 0 Å². The Morgan fingerprint density at radius 3 is 2.41 bits per heavy atom. The Bertz CT molecular complexity index is 1040. The minimum atomic E-state index is -2.33. The summed E-state index contributed by atoms with van der Waals surface area (Å²) in [5.41, 5.74) is -0.671. The minimum absolute atomic E-state index is 0.00682. The third-order valence-corrected chi connectivity index (χ3v) is 6.52. The molecular formula is C28H41FN4O6. The summed E-state index contributed by atoms with van der Waals surface area (Å²) < 4.78 is 25.2. The van der Waals surface area contributed by atoms with Crippen LogP contribution in [0.4, 0.5) is 4.39 Å². The number of hydrogen-bond acceptors (Lipinski definition) is 6. The molecule has 3 atom stereocenters.